The molecule has 142 valence electrons. The van der Waals surface area contributed by atoms with E-state index in [2.05, 4.69) is 13.8 Å². The Morgan fingerprint density at radius 1 is 1.42 bits per heavy atom. The van der Waals surface area contributed by atoms with Crippen LogP contribution in [0.25, 0.3) is 0 Å². The van der Waals surface area contributed by atoms with E-state index in [0.717, 1.165) is 4.57 Å². The zero-order chi connectivity index (χ0) is 19.0. The van der Waals surface area contributed by atoms with Crippen LogP contribution in [0.4, 0.5) is 0 Å². The first kappa shape index (κ1) is 23.9. The van der Waals surface area contributed by atoms with Crippen molar-refractivity contribution < 1.29 is 72.0 Å². The van der Waals surface area contributed by atoms with Crippen LogP contribution in [-0.2, 0) is 22.7 Å². The molecule has 0 amide bonds. The number of aliphatic hydroxyl groups excluding tert-OH is 1. The summed E-state index contributed by atoms with van der Waals surface area (Å²) in [7, 11) is -10.7. The number of ether oxygens (including phenoxy) is 1. The van der Waals surface area contributed by atoms with E-state index in [-0.39, 0.29) is 41.5 Å². The van der Waals surface area contributed by atoms with Crippen LogP contribution in [0.1, 0.15) is 18.2 Å². The van der Waals surface area contributed by atoms with E-state index >= 15 is 0 Å². The molecule has 16 heteroatoms. The van der Waals surface area contributed by atoms with Gasteiger partial charge < -0.3 is 24.5 Å². The fourth-order valence-electron chi connectivity index (χ4n) is 2.16. The average molecular weight is 424 g/mol. The van der Waals surface area contributed by atoms with E-state index in [1.807, 2.05) is 0 Å². The molecule has 5 atom stereocenters. The third-order valence-electron chi connectivity index (χ3n) is 3.27. The molecule has 0 spiro atoms. The van der Waals surface area contributed by atoms with Gasteiger partial charge in [0.05, 0.1) is 12.7 Å². The van der Waals surface area contributed by atoms with Crippen molar-refractivity contribution in [2.45, 2.75) is 31.8 Å². The summed E-state index contributed by atoms with van der Waals surface area (Å²) < 4.78 is 36.0. The van der Waals surface area contributed by atoms with Gasteiger partial charge in [0.1, 0.15) is 12.3 Å². The van der Waals surface area contributed by atoms with Gasteiger partial charge in [0, 0.05) is 18.2 Å². The number of aryl methyl sites for hydroxylation is 1. The number of nitrogens with one attached hydrogen (secondary N) is 1. The number of hydrogen-bond acceptors (Lipinski definition) is 9. The van der Waals surface area contributed by atoms with Crippen LogP contribution < -0.4 is 45.7 Å². The number of nitrogens with zero attached hydrogens (tertiary/aromatic N) is 1. The van der Waals surface area contributed by atoms with Gasteiger partial charge in [0.2, 0.25) is 0 Å². The molecule has 1 aromatic heterocycles. The molecular formula is C10H15N2NaO11P2. The molecule has 0 saturated carbocycles. The van der Waals surface area contributed by atoms with Crippen LogP contribution >= 0.6 is 15.6 Å². The second-order valence-corrected chi connectivity index (χ2v) is 8.01. The minimum Gasteiger partial charge on any atom is -0.756 e. The molecular weight excluding hydrogens is 409 g/mol. The fourth-order valence-corrected chi connectivity index (χ4v) is 3.72. The smallest absolute Gasteiger partial charge is 0.756 e. The van der Waals surface area contributed by atoms with Crippen molar-refractivity contribution in [3.8, 4) is 0 Å². The van der Waals surface area contributed by atoms with Crippen molar-refractivity contribution >= 4 is 15.6 Å². The average Bonchev–Trinajstić information content (AvgIpc) is 2.79. The molecule has 1 aliphatic rings. The van der Waals surface area contributed by atoms with E-state index in [4.69, 9.17) is 14.5 Å². The van der Waals surface area contributed by atoms with E-state index < -0.39 is 51.9 Å². The molecule has 1 aromatic rings. The number of phosphoric acid groups is 2. The van der Waals surface area contributed by atoms with Crippen molar-refractivity contribution in [2.75, 3.05) is 6.61 Å². The van der Waals surface area contributed by atoms with E-state index in [1.54, 1.807) is 0 Å². The van der Waals surface area contributed by atoms with Crippen LogP contribution in [0.3, 0.4) is 0 Å². The first-order chi connectivity index (χ1) is 11.4. The molecule has 0 bridgehead atoms. The summed E-state index contributed by atoms with van der Waals surface area (Å²) in [5.74, 6) is 0. The van der Waals surface area contributed by atoms with E-state index in [0.29, 0.717) is 0 Å². The maximum atomic E-state index is 11.8. The maximum Gasteiger partial charge on any atom is 1.00 e. The Labute approximate surface area is 168 Å². The summed E-state index contributed by atoms with van der Waals surface area (Å²) in [5, 5.41) is 9.89. The third kappa shape index (κ3) is 6.48. The molecule has 2 rings (SSSR count). The SMILES string of the molecule is Cc1cn([C@H]2C[C@H](O)[C@@H](COP(=O)(O)OP(=O)([O-])O)O2)c(=O)[nH]c1=O.[Na+]. The van der Waals surface area contributed by atoms with Crippen LogP contribution in [0.15, 0.2) is 15.8 Å². The maximum absolute atomic E-state index is 11.8. The summed E-state index contributed by atoms with van der Waals surface area (Å²) in [6.07, 6.45) is -2.29. The van der Waals surface area contributed by atoms with Gasteiger partial charge in [-0.2, -0.15) is 0 Å². The van der Waals surface area contributed by atoms with Crippen molar-refractivity contribution in [1.29, 1.82) is 0 Å². The fraction of sp³-hybridized carbons (Fsp3) is 0.600. The number of aromatic nitrogens is 2. The van der Waals surface area contributed by atoms with Gasteiger partial charge in [-0.3, -0.25) is 23.4 Å². The molecule has 0 radical (unpaired) electrons. The van der Waals surface area contributed by atoms with Crippen molar-refractivity contribution in [1.82, 2.24) is 9.55 Å². The number of H-pyrrole nitrogens is 1. The number of aliphatic hydroxyl groups is 1. The molecule has 0 aromatic carbocycles. The number of rotatable bonds is 6. The second kappa shape index (κ2) is 8.91. The minimum absolute atomic E-state index is 0. The predicted octanol–water partition coefficient (Wildman–Crippen LogP) is -4.91. The summed E-state index contributed by atoms with van der Waals surface area (Å²) in [5.41, 5.74) is -1.14. The largest absolute Gasteiger partial charge is 1.00 e. The minimum atomic E-state index is -5.51. The molecule has 1 saturated heterocycles. The Bertz CT molecular complexity index is 848. The standard InChI is InChI=1S/C10H16N2O11P2.Na/c1-5-3-12(10(15)11-9(5)14)8-2-6(13)7(22-8)4-21-25(19,20)23-24(16,17)18;/h3,6-8,13H,2,4H2,1H3,(H,19,20)(H,11,14,15)(H2,16,17,18);/q;+1/p-1/t6-,7+,8+;/m0./s1. The first-order valence-corrected chi connectivity index (χ1v) is 9.75. The molecule has 1 fully saturated rings. The van der Waals surface area contributed by atoms with Crippen LogP contribution in [0, 0.1) is 6.92 Å². The molecule has 13 nitrogen and oxygen atoms in total. The molecule has 1 aliphatic heterocycles. The van der Waals surface area contributed by atoms with Gasteiger partial charge in [-0.25, -0.2) is 13.7 Å². The van der Waals surface area contributed by atoms with Crippen molar-refractivity contribution in [3.05, 3.63) is 32.6 Å². The van der Waals surface area contributed by atoms with Gasteiger partial charge in [0.15, 0.2) is 0 Å². The topological polar surface area (TPSA) is 200 Å². The van der Waals surface area contributed by atoms with Crippen molar-refractivity contribution in [3.63, 3.8) is 0 Å². The molecule has 2 heterocycles. The van der Waals surface area contributed by atoms with E-state index in [1.165, 1.54) is 13.1 Å². The Morgan fingerprint density at radius 2 is 2.04 bits per heavy atom. The summed E-state index contributed by atoms with van der Waals surface area (Å²) in [6, 6.07) is 0. The van der Waals surface area contributed by atoms with Gasteiger partial charge in [-0.15, -0.1) is 0 Å². The zero-order valence-corrected chi connectivity index (χ0v) is 17.5. The molecule has 0 aliphatic carbocycles. The number of hydrogen-bond donors (Lipinski definition) is 4. The number of phosphoric ester groups is 1. The quantitative estimate of drug-likeness (QED) is 0.252. The summed E-state index contributed by atoms with van der Waals surface area (Å²) >= 11 is 0. The Morgan fingerprint density at radius 3 is 2.62 bits per heavy atom. The molecule has 26 heavy (non-hydrogen) atoms. The van der Waals surface area contributed by atoms with Gasteiger partial charge in [0.25, 0.3) is 13.4 Å². The Hall–Kier alpha value is -0.140. The summed E-state index contributed by atoms with van der Waals surface area (Å²) in [6.45, 7) is 0.693. The normalized spacial score (nSPS) is 27.3. The van der Waals surface area contributed by atoms with Gasteiger partial charge >= 0.3 is 43.1 Å². The van der Waals surface area contributed by atoms with Crippen LogP contribution in [-0.4, -0.2) is 43.3 Å². The van der Waals surface area contributed by atoms with E-state index in [9.17, 15) is 28.7 Å². The third-order valence-corrected chi connectivity index (χ3v) is 5.39. The Kier molecular flexibility index (Phi) is 8.19. The Balaban J connectivity index is 0.00000338. The van der Waals surface area contributed by atoms with Crippen molar-refractivity contribution in [2.24, 2.45) is 0 Å². The zero-order valence-electron chi connectivity index (χ0n) is 13.7. The predicted molar refractivity (Wildman–Crippen MR) is 77.3 cm³/mol. The van der Waals surface area contributed by atoms with Gasteiger partial charge in [-0.1, -0.05) is 0 Å². The monoisotopic (exact) mass is 424 g/mol. The first-order valence-electron chi connectivity index (χ1n) is 6.76. The van der Waals surface area contributed by atoms with Gasteiger partial charge in [-0.05, 0) is 6.92 Å². The second-order valence-electron chi connectivity index (χ2n) is 5.23. The number of aromatic amines is 1. The molecule has 2 unspecified atom stereocenters. The summed E-state index contributed by atoms with van der Waals surface area (Å²) in [4.78, 5) is 53.1. The van der Waals surface area contributed by atoms with Crippen LogP contribution in [0.5, 0.6) is 0 Å². The van der Waals surface area contributed by atoms with Crippen LogP contribution in [0.2, 0.25) is 0 Å². The molecule has 4 N–H and O–H groups in total.